The molecule has 3 heterocycles. The van der Waals surface area contributed by atoms with Crippen molar-refractivity contribution >= 4 is 22.4 Å². The van der Waals surface area contributed by atoms with Gasteiger partial charge in [0.1, 0.15) is 5.75 Å². The van der Waals surface area contributed by atoms with Gasteiger partial charge in [0.05, 0.1) is 18.7 Å². The molecule has 1 fully saturated rings. The number of nitrogens with zero attached hydrogens (tertiary/aromatic N) is 3. The van der Waals surface area contributed by atoms with Crippen molar-refractivity contribution in [3.8, 4) is 17.0 Å². The summed E-state index contributed by atoms with van der Waals surface area (Å²) in [4.78, 5) is 23.5. The van der Waals surface area contributed by atoms with Crippen molar-refractivity contribution in [3.63, 3.8) is 0 Å². The van der Waals surface area contributed by atoms with Crippen molar-refractivity contribution in [2.24, 2.45) is 0 Å². The SMILES string of the molecule is CC1CN(CCCOc2cccc(CC(=O)Nc3nc(-c4ccncc4)cs3)c2)CC(C)N1. The summed E-state index contributed by atoms with van der Waals surface area (Å²) in [6, 6.07) is 12.6. The number of carbonyl (C=O) groups is 1. The molecule has 2 aromatic heterocycles. The van der Waals surface area contributed by atoms with Crippen LogP contribution < -0.4 is 15.4 Å². The Morgan fingerprint density at radius 3 is 2.79 bits per heavy atom. The molecule has 8 heteroatoms. The zero-order valence-electron chi connectivity index (χ0n) is 19.2. The normalized spacial score (nSPS) is 18.7. The molecule has 0 bridgehead atoms. The Morgan fingerprint density at radius 1 is 1.21 bits per heavy atom. The number of piperazine rings is 1. The van der Waals surface area contributed by atoms with Gasteiger partial charge in [-0.25, -0.2) is 4.98 Å². The fraction of sp³-hybridized carbons (Fsp3) is 0.400. The molecule has 2 unspecified atom stereocenters. The smallest absolute Gasteiger partial charge is 0.230 e. The number of nitrogens with one attached hydrogen (secondary N) is 2. The first-order valence-electron chi connectivity index (χ1n) is 11.4. The molecule has 2 atom stereocenters. The Morgan fingerprint density at radius 2 is 2.00 bits per heavy atom. The predicted molar refractivity (Wildman–Crippen MR) is 133 cm³/mol. The number of anilines is 1. The van der Waals surface area contributed by atoms with Gasteiger partial charge in [0.15, 0.2) is 5.13 Å². The van der Waals surface area contributed by atoms with Gasteiger partial charge in [-0.05, 0) is 50.1 Å². The third kappa shape index (κ3) is 7.08. The van der Waals surface area contributed by atoms with Gasteiger partial charge < -0.3 is 20.3 Å². The third-order valence-corrected chi connectivity index (χ3v) is 6.27. The maximum atomic E-state index is 12.5. The van der Waals surface area contributed by atoms with Crippen LogP contribution in [0.2, 0.25) is 0 Å². The summed E-state index contributed by atoms with van der Waals surface area (Å²) in [6.45, 7) is 8.33. The van der Waals surface area contributed by atoms with Crippen molar-refractivity contribution in [2.45, 2.75) is 38.8 Å². The highest BCUT2D eigenvalue weighted by Gasteiger charge is 2.20. The second-order valence-electron chi connectivity index (χ2n) is 8.58. The average molecular weight is 466 g/mol. The van der Waals surface area contributed by atoms with Crippen LogP contribution in [0.3, 0.4) is 0 Å². The van der Waals surface area contributed by atoms with Gasteiger partial charge >= 0.3 is 0 Å². The first-order chi connectivity index (χ1) is 16.0. The zero-order chi connectivity index (χ0) is 23.0. The van der Waals surface area contributed by atoms with Crippen LogP contribution in [0, 0.1) is 0 Å². The van der Waals surface area contributed by atoms with Crippen molar-refractivity contribution < 1.29 is 9.53 Å². The first kappa shape index (κ1) is 23.4. The zero-order valence-corrected chi connectivity index (χ0v) is 20.0. The maximum Gasteiger partial charge on any atom is 0.230 e. The number of aromatic nitrogens is 2. The number of hydrogen-bond donors (Lipinski definition) is 2. The second-order valence-corrected chi connectivity index (χ2v) is 9.43. The minimum Gasteiger partial charge on any atom is -0.494 e. The molecule has 7 nitrogen and oxygen atoms in total. The quantitative estimate of drug-likeness (QED) is 0.468. The molecule has 1 amide bonds. The largest absolute Gasteiger partial charge is 0.494 e. The van der Waals surface area contributed by atoms with E-state index in [1.165, 1.54) is 11.3 Å². The Hall–Kier alpha value is -2.81. The molecular weight excluding hydrogens is 434 g/mol. The van der Waals surface area contributed by atoms with Gasteiger partial charge in [0, 0.05) is 55.1 Å². The van der Waals surface area contributed by atoms with Crippen LogP contribution in [0.1, 0.15) is 25.8 Å². The molecule has 2 N–H and O–H groups in total. The van der Waals surface area contributed by atoms with E-state index in [2.05, 4.69) is 39.3 Å². The van der Waals surface area contributed by atoms with E-state index in [0.717, 1.165) is 48.6 Å². The Bertz CT molecular complexity index is 1030. The molecule has 3 aromatic rings. The molecule has 1 saturated heterocycles. The van der Waals surface area contributed by atoms with Gasteiger partial charge in [-0.1, -0.05) is 12.1 Å². The number of rotatable bonds is 9. The molecule has 0 aliphatic carbocycles. The van der Waals surface area contributed by atoms with Gasteiger partial charge in [-0.3, -0.25) is 9.78 Å². The van der Waals surface area contributed by atoms with E-state index in [0.29, 0.717) is 23.8 Å². The molecule has 174 valence electrons. The van der Waals surface area contributed by atoms with E-state index in [4.69, 9.17) is 4.74 Å². The summed E-state index contributed by atoms with van der Waals surface area (Å²) >= 11 is 1.42. The van der Waals surface area contributed by atoms with Crippen LogP contribution in [-0.4, -0.2) is 59.1 Å². The Balaban J connectivity index is 1.22. The number of thiazole rings is 1. The van der Waals surface area contributed by atoms with Gasteiger partial charge in [0.2, 0.25) is 5.91 Å². The van der Waals surface area contributed by atoms with Crippen molar-refractivity contribution in [2.75, 3.05) is 31.6 Å². The Labute approximate surface area is 199 Å². The lowest BCUT2D eigenvalue weighted by Crippen LogP contribution is -2.54. The van der Waals surface area contributed by atoms with E-state index in [1.54, 1.807) is 12.4 Å². The summed E-state index contributed by atoms with van der Waals surface area (Å²) in [5.74, 6) is 0.710. The lowest BCUT2D eigenvalue weighted by molar-refractivity contribution is -0.115. The topological polar surface area (TPSA) is 79.4 Å². The number of amides is 1. The molecule has 33 heavy (non-hydrogen) atoms. The number of ether oxygens (including phenoxy) is 1. The van der Waals surface area contributed by atoms with Crippen LogP contribution in [0.25, 0.3) is 11.3 Å². The van der Waals surface area contributed by atoms with Crippen molar-refractivity contribution in [1.82, 2.24) is 20.2 Å². The monoisotopic (exact) mass is 465 g/mol. The highest BCUT2D eigenvalue weighted by molar-refractivity contribution is 7.14. The molecule has 0 radical (unpaired) electrons. The average Bonchev–Trinajstić information content (AvgIpc) is 3.25. The van der Waals surface area contributed by atoms with Gasteiger partial charge in [-0.15, -0.1) is 11.3 Å². The third-order valence-electron chi connectivity index (χ3n) is 5.51. The van der Waals surface area contributed by atoms with Gasteiger partial charge in [0.25, 0.3) is 0 Å². The molecule has 1 aliphatic heterocycles. The van der Waals surface area contributed by atoms with Crippen LogP contribution in [0.5, 0.6) is 5.75 Å². The minimum absolute atomic E-state index is 0.0928. The lowest BCUT2D eigenvalue weighted by atomic mass is 10.1. The minimum atomic E-state index is -0.0928. The highest BCUT2D eigenvalue weighted by Crippen LogP contribution is 2.24. The maximum absolute atomic E-state index is 12.5. The van der Waals surface area contributed by atoms with E-state index >= 15 is 0 Å². The molecule has 4 rings (SSSR count). The number of pyridine rings is 1. The number of hydrogen-bond acceptors (Lipinski definition) is 7. The summed E-state index contributed by atoms with van der Waals surface area (Å²) in [5, 5.41) is 8.98. The molecular formula is C25H31N5O2S. The number of carbonyl (C=O) groups excluding carboxylic acids is 1. The summed E-state index contributed by atoms with van der Waals surface area (Å²) in [6.07, 6.45) is 4.72. The molecule has 0 saturated carbocycles. The van der Waals surface area contributed by atoms with Crippen LogP contribution in [-0.2, 0) is 11.2 Å². The van der Waals surface area contributed by atoms with E-state index in [-0.39, 0.29) is 12.3 Å². The number of benzene rings is 1. The summed E-state index contributed by atoms with van der Waals surface area (Å²) < 4.78 is 5.95. The van der Waals surface area contributed by atoms with Gasteiger partial charge in [-0.2, -0.15) is 0 Å². The fourth-order valence-electron chi connectivity index (χ4n) is 4.18. The Kier molecular flexibility index (Phi) is 8.04. The van der Waals surface area contributed by atoms with E-state index in [9.17, 15) is 4.79 Å². The highest BCUT2D eigenvalue weighted by atomic mass is 32.1. The van der Waals surface area contributed by atoms with Crippen LogP contribution in [0.15, 0.2) is 54.2 Å². The molecule has 1 aliphatic rings. The second kappa shape index (κ2) is 11.4. The molecule has 1 aromatic carbocycles. The molecule has 0 spiro atoms. The van der Waals surface area contributed by atoms with Crippen molar-refractivity contribution in [3.05, 3.63) is 59.7 Å². The van der Waals surface area contributed by atoms with Crippen LogP contribution >= 0.6 is 11.3 Å². The van der Waals surface area contributed by atoms with E-state index < -0.39 is 0 Å². The van der Waals surface area contributed by atoms with E-state index in [1.807, 2.05) is 41.8 Å². The van der Waals surface area contributed by atoms with Crippen molar-refractivity contribution in [1.29, 1.82) is 0 Å². The fourth-order valence-corrected chi connectivity index (χ4v) is 4.92. The van der Waals surface area contributed by atoms with Crippen LogP contribution in [0.4, 0.5) is 5.13 Å². The first-order valence-corrected chi connectivity index (χ1v) is 12.3. The predicted octanol–water partition coefficient (Wildman–Crippen LogP) is 3.84. The lowest BCUT2D eigenvalue weighted by Gasteiger charge is -2.36. The summed E-state index contributed by atoms with van der Waals surface area (Å²) in [5.41, 5.74) is 2.73. The standard InChI is InChI=1S/C25H31N5O2S/c1-18-15-30(16-19(2)27-18)11-4-12-32-22-6-3-5-20(13-22)14-24(31)29-25-28-23(17-33-25)21-7-9-26-10-8-21/h3,5-10,13,17-19,27H,4,11-12,14-16H2,1-2H3,(H,28,29,31). The summed E-state index contributed by atoms with van der Waals surface area (Å²) in [7, 11) is 0.